The van der Waals surface area contributed by atoms with Crippen molar-refractivity contribution in [2.45, 2.75) is 132 Å². The maximum atomic E-state index is 14.2. The van der Waals surface area contributed by atoms with Gasteiger partial charge in [0.15, 0.2) is 23.1 Å². The second-order valence-electron chi connectivity index (χ2n) is 14.6. The molecular formula is C36H43F5N2O7S. The highest BCUT2D eigenvalue weighted by atomic mass is 32.2. The fourth-order valence-corrected chi connectivity index (χ4v) is 8.68. The zero-order valence-corrected chi connectivity index (χ0v) is 29.0. The lowest BCUT2D eigenvalue weighted by Crippen LogP contribution is -2.57. The minimum atomic E-state index is -5.85. The first kappa shape index (κ1) is 36.2. The van der Waals surface area contributed by atoms with E-state index in [9.17, 15) is 40.3 Å². The summed E-state index contributed by atoms with van der Waals surface area (Å²) < 4.78 is 105. The lowest BCUT2D eigenvalue weighted by molar-refractivity contribution is -0.0501. The van der Waals surface area contributed by atoms with Gasteiger partial charge in [0.05, 0.1) is 5.56 Å². The Morgan fingerprint density at radius 3 is 1.49 bits per heavy atom. The lowest BCUT2D eigenvalue weighted by Gasteiger charge is -2.51. The van der Waals surface area contributed by atoms with Crippen LogP contribution < -0.4 is 13.7 Å². The van der Waals surface area contributed by atoms with Crippen LogP contribution in [-0.2, 0) is 23.0 Å². The molecule has 0 bridgehead atoms. The van der Waals surface area contributed by atoms with E-state index in [1.807, 2.05) is 0 Å². The molecule has 4 aliphatic carbocycles. The molecule has 2 heterocycles. The molecule has 15 heteroatoms. The molecule has 4 saturated carbocycles. The number of rotatable bonds is 9. The van der Waals surface area contributed by atoms with Gasteiger partial charge in [-0.3, -0.25) is 9.80 Å². The van der Waals surface area contributed by atoms with Crippen LogP contribution in [0, 0.1) is 11.6 Å². The molecule has 9 nitrogen and oxygen atoms in total. The molecule has 2 aromatic rings. The van der Waals surface area contributed by atoms with Crippen molar-refractivity contribution < 1.29 is 53.9 Å². The first-order chi connectivity index (χ1) is 24.3. The zero-order valence-electron chi connectivity index (χ0n) is 28.2. The highest BCUT2D eigenvalue weighted by molar-refractivity contribution is 7.88. The van der Waals surface area contributed by atoms with Crippen molar-refractivity contribution in [3.63, 3.8) is 0 Å². The summed E-state index contributed by atoms with van der Waals surface area (Å²) >= 11 is 0. The van der Waals surface area contributed by atoms with E-state index in [4.69, 9.17) is 9.47 Å². The first-order valence-corrected chi connectivity index (χ1v) is 19.4. The van der Waals surface area contributed by atoms with Crippen LogP contribution in [0.3, 0.4) is 0 Å². The third-order valence-corrected chi connectivity index (χ3v) is 12.6. The van der Waals surface area contributed by atoms with Crippen LogP contribution in [0.2, 0.25) is 0 Å². The number of ether oxygens (including phenoxy) is 2. The molecule has 51 heavy (non-hydrogen) atoms. The maximum Gasteiger partial charge on any atom is 0.534 e. The van der Waals surface area contributed by atoms with Crippen LogP contribution in [0.1, 0.15) is 98.5 Å². The minimum absolute atomic E-state index is 0.0349. The van der Waals surface area contributed by atoms with Gasteiger partial charge in [-0.2, -0.15) is 21.6 Å². The number of alkyl halides is 3. The molecule has 0 spiro atoms. The Balaban J connectivity index is 0.000000162. The van der Waals surface area contributed by atoms with Gasteiger partial charge in [-0.15, -0.1) is 0 Å². The van der Waals surface area contributed by atoms with E-state index in [-0.39, 0.29) is 47.7 Å². The van der Waals surface area contributed by atoms with Gasteiger partial charge in [0, 0.05) is 47.4 Å². The molecule has 2 aliphatic heterocycles. The smallest absolute Gasteiger partial charge is 0.489 e. The number of benzene rings is 2. The summed E-state index contributed by atoms with van der Waals surface area (Å²) in [7, 11) is -5.85. The predicted octanol–water partition coefficient (Wildman–Crippen LogP) is 7.00. The molecule has 280 valence electrons. The van der Waals surface area contributed by atoms with Gasteiger partial charge in [0.2, 0.25) is 0 Å². The maximum absolute atomic E-state index is 14.2. The fourth-order valence-electron chi connectivity index (χ4n) is 8.19. The third kappa shape index (κ3) is 7.14. The third-order valence-electron chi connectivity index (χ3n) is 11.6. The van der Waals surface area contributed by atoms with Crippen LogP contribution in [0.5, 0.6) is 17.2 Å². The highest BCUT2D eigenvalue weighted by Crippen LogP contribution is 2.43. The predicted molar refractivity (Wildman–Crippen MR) is 176 cm³/mol. The summed E-state index contributed by atoms with van der Waals surface area (Å²) in [6, 6.07) is 6.30. The van der Waals surface area contributed by atoms with Crippen LogP contribution in [-0.4, -0.2) is 84.3 Å². The zero-order chi connectivity index (χ0) is 36.1. The minimum Gasteiger partial charge on any atom is -0.489 e. The van der Waals surface area contributed by atoms with Crippen LogP contribution >= 0.6 is 0 Å². The van der Waals surface area contributed by atoms with Gasteiger partial charge in [0.1, 0.15) is 19.0 Å². The largest absolute Gasteiger partial charge is 0.534 e. The summed E-state index contributed by atoms with van der Waals surface area (Å²) in [5.74, 6) is -2.83. The SMILES string of the molecule is O=C(O)c1ccc(F)c2c1C[C@@H](N(C1CCC1)C1CCC1)CO2.O=S(=O)(Oc1ccc(F)c2c1C[C@@H](N(C1CCC1)C1CCC1)CO2)C(F)(F)F. The highest BCUT2D eigenvalue weighted by Gasteiger charge is 2.49. The second kappa shape index (κ2) is 14.3. The molecule has 8 rings (SSSR count). The van der Waals surface area contributed by atoms with Crippen LogP contribution in [0.15, 0.2) is 24.3 Å². The standard InChI is InChI=1S/C18H21F4NO4S.C18H22FNO3/c19-15-7-8-16(27-28(24,25)18(20,21)22)14-9-13(10-26-17(14)15)23(11-3-1-4-11)12-5-2-6-12;19-16-8-7-14(18(21)22)15-9-13(10-23-17(15)16)20(11-3-1-4-11)12-5-2-6-12/h7-8,11-13H,1-6,9-10H2;7-8,11-13H,1-6,9-10H2,(H,21,22)/t2*13-/m11/s1. The van der Waals surface area contributed by atoms with Crippen molar-refractivity contribution in [2.24, 2.45) is 0 Å². The Morgan fingerprint density at radius 2 is 1.10 bits per heavy atom. The summed E-state index contributed by atoms with van der Waals surface area (Å²) in [5, 5.41) is 9.40. The topological polar surface area (TPSA) is 106 Å². The van der Waals surface area contributed by atoms with Crippen molar-refractivity contribution in [1.29, 1.82) is 0 Å². The molecule has 6 aliphatic rings. The summed E-state index contributed by atoms with van der Waals surface area (Å²) in [5.41, 5.74) is -4.83. The number of halogens is 5. The van der Waals surface area contributed by atoms with Gasteiger partial charge in [-0.05, 0) is 88.5 Å². The number of nitrogens with zero attached hydrogens (tertiary/aromatic N) is 2. The van der Waals surface area contributed by atoms with E-state index in [1.165, 1.54) is 50.7 Å². The number of carboxylic acids is 1. The molecule has 0 amide bonds. The molecule has 2 aromatic carbocycles. The number of hydrogen-bond donors (Lipinski definition) is 1. The van der Waals surface area contributed by atoms with Crippen molar-refractivity contribution in [1.82, 2.24) is 9.80 Å². The van der Waals surface area contributed by atoms with Gasteiger partial charge < -0.3 is 18.8 Å². The van der Waals surface area contributed by atoms with E-state index in [1.54, 1.807) is 0 Å². The number of fused-ring (bicyclic) bond motifs is 2. The quantitative estimate of drug-likeness (QED) is 0.165. The molecule has 0 radical (unpaired) electrons. The molecule has 1 N–H and O–H groups in total. The number of carboxylic acid groups (broad SMARTS) is 1. The fraction of sp³-hybridized carbons (Fsp3) is 0.639. The van der Waals surface area contributed by atoms with Crippen molar-refractivity contribution in [3.05, 3.63) is 52.6 Å². The van der Waals surface area contributed by atoms with E-state index in [0.717, 1.165) is 50.7 Å². The lowest BCUT2D eigenvalue weighted by atomic mass is 9.82. The average molecular weight is 743 g/mol. The Labute approximate surface area is 294 Å². The Kier molecular flexibility index (Phi) is 10.2. The first-order valence-electron chi connectivity index (χ1n) is 18.0. The van der Waals surface area contributed by atoms with Crippen LogP contribution in [0.4, 0.5) is 22.0 Å². The summed E-state index contributed by atoms with van der Waals surface area (Å²) in [4.78, 5) is 16.4. The monoisotopic (exact) mass is 742 g/mol. The van der Waals surface area contributed by atoms with Gasteiger partial charge >= 0.3 is 21.6 Å². The Bertz CT molecular complexity index is 1700. The van der Waals surface area contributed by atoms with E-state index >= 15 is 0 Å². The van der Waals surface area contributed by atoms with Gasteiger partial charge in [0.25, 0.3) is 0 Å². The van der Waals surface area contributed by atoms with Crippen molar-refractivity contribution >= 4 is 16.1 Å². The van der Waals surface area contributed by atoms with E-state index in [0.29, 0.717) is 42.8 Å². The number of aromatic carboxylic acids is 1. The molecular weight excluding hydrogens is 699 g/mol. The van der Waals surface area contributed by atoms with E-state index in [2.05, 4.69) is 14.0 Å². The molecule has 0 aromatic heterocycles. The Hall–Kier alpha value is -3.17. The number of hydrogen-bond acceptors (Lipinski definition) is 8. The Morgan fingerprint density at radius 1 is 0.686 bits per heavy atom. The molecule has 4 fully saturated rings. The average Bonchev–Trinajstić information content (AvgIpc) is 2.98. The normalized spacial score (nSPS) is 24.0. The summed E-state index contributed by atoms with van der Waals surface area (Å²) in [6.07, 6.45) is 14.6. The second-order valence-corrected chi connectivity index (χ2v) is 16.2. The molecule has 2 atom stereocenters. The van der Waals surface area contributed by atoms with Crippen molar-refractivity contribution in [2.75, 3.05) is 13.2 Å². The van der Waals surface area contributed by atoms with Crippen molar-refractivity contribution in [3.8, 4) is 17.2 Å². The molecule has 0 unspecified atom stereocenters. The van der Waals surface area contributed by atoms with E-state index < -0.39 is 39.0 Å². The number of carbonyl (C=O) groups is 1. The van der Waals surface area contributed by atoms with Gasteiger partial charge in [-0.25, -0.2) is 13.6 Å². The van der Waals surface area contributed by atoms with Gasteiger partial charge in [-0.1, -0.05) is 25.7 Å². The summed E-state index contributed by atoms with van der Waals surface area (Å²) in [6.45, 7) is 0.673. The van der Waals surface area contributed by atoms with Crippen LogP contribution in [0.25, 0.3) is 0 Å². The molecule has 0 saturated heterocycles.